The summed E-state index contributed by atoms with van der Waals surface area (Å²) in [6.45, 7) is 0. The zero-order chi connectivity index (χ0) is 17.7. The summed E-state index contributed by atoms with van der Waals surface area (Å²) < 4.78 is 4.86. The van der Waals surface area contributed by atoms with Crippen LogP contribution in [0.4, 0.5) is 10.8 Å². The molecule has 2 rings (SSSR count). The lowest BCUT2D eigenvalue weighted by Crippen LogP contribution is -2.20. The standard InChI is InChI=1S/C13H13N5O5S/c1-23-10-4-9(18(21)22)2-7(12(10)20)5-15-17-11(19)3-8-6-24-13(14)16-8/h2,4-6,20H,3H2,1H3,(H2,14,16)(H,17,19)/b15-5+. The van der Waals surface area contributed by atoms with Crippen LogP contribution in [0.15, 0.2) is 22.6 Å². The molecule has 4 N–H and O–H groups in total. The van der Waals surface area contributed by atoms with Crippen LogP contribution in [0.5, 0.6) is 11.5 Å². The number of hydrazone groups is 1. The van der Waals surface area contributed by atoms with Gasteiger partial charge in [-0.15, -0.1) is 11.3 Å². The van der Waals surface area contributed by atoms with Crippen molar-refractivity contribution in [3.63, 3.8) is 0 Å². The van der Waals surface area contributed by atoms with Crippen LogP contribution in [0.25, 0.3) is 0 Å². The molecule has 2 aromatic rings. The number of benzene rings is 1. The number of methoxy groups -OCH3 is 1. The van der Waals surface area contributed by atoms with Crippen molar-refractivity contribution in [1.82, 2.24) is 10.4 Å². The molecule has 0 radical (unpaired) electrons. The van der Waals surface area contributed by atoms with Crippen LogP contribution in [-0.4, -0.2) is 34.2 Å². The third-order valence-electron chi connectivity index (χ3n) is 2.82. The zero-order valence-electron chi connectivity index (χ0n) is 12.4. The Labute approximate surface area is 139 Å². The number of ether oxygens (including phenoxy) is 1. The highest BCUT2D eigenvalue weighted by Gasteiger charge is 2.15. The number of carbonyl (C=O) groups is 1. The molecule has 24 heavy (non-hydrogen) atoms. The number of thiazole rings is 1. The maximum absolute atomic E-state index is 11.7. The lowest BCUT2D eigenvalue weighted by Gasteiger charge is -2.05. The molecule has 1 aromatic heterocycles. The van der Waals surface area contributed by atoms with Crippen LogP contribution in [0.2, 0.25) is 0 Å². The number of anilines is 1. The van der Waals surface area contributed by atoms with E-state index < -0.39 is 10.8 Å². The summed E-state index contributed by atoms with van der Waals surface area (Å²) in [5.74, 6) is -0.850. The molecule has 0 aliphatic heterocycles. The van der Waals surface area contributed by atoms with Gasteiger partial charge in [-0.1, -0.05) is 0 Å². The van der Waals surface area contributed by atoms with Crippen molar-refractivity contribution in [2.24, 2.45) is 5.10 Å². The molecule has 0 fully saturated rings. The first-order chi connectivity index (χ1) is 11.4. The van der Waals surface area contributed by atoms with E-state index in [0.717, 1.165) is 18.3 Å². The van der Waals surface area contributed by atoms with Crippen LogP contribution < -0.4 is 15.9 Å². The van der Waals surface area contributed by atoms with Gasteiger partial charge in [-0.05, 0) is 0 Å². The Morgan fingerprint density at radius 3 is 2.96 bits per heavy atom. The second kappa shape index (κ2) is 7.37. The van der Waals surface area contributed by atoms with Gasteiger partial charge in [-0.2, -0.15) is 5.10 Å². The molecule has 0 aliphatic rings. The minimum absolute atomic E-state index is 0.0186. The molecule has 1 heterocycles. The van der Waals surface area contributed by atoms with Crippen molar-refractivity contribution < 1.29 is 19.6 Å². The number of non-ortho nitro benzene ring substituents is 1. The lowest BCUT2D eigenvalue weighted by atomic mass is 10.2. The minimum atomic E-state index is -0.634. The zero-order valence-corrected chi connectivity index (χ0v) is 13.2. The van der Waals surface area contributed by atoms with Crippen LogP contribution in [0.3, 0.4) is 0 Å². The average Bonchev–Trinajstić information content (AvgIpc) is 2.93. The SMILES string of the molecule is COc1cc([N+](=O)[O-])cc(/C=N/NC(=O)Cc2csc(N)n2)c1O. The number of rotatable bonds is 6. The second-order valence-corrected chi connectivity index (χ2v) is 5.38. The number of nitrogens with one attached hydrogen (secondary N) is 1. The van der Waals surface area contributed by atoms with E-state index in [4.69, 9.17) is 10.5 Å². The maximum atomic E-state index is 11.7. The van der Waals surface area contributed by atoms with E-state index in [0.29, 0.717) is 10.8 Å². The van der Waals surface area contributed by atoms with Crippen molar-refractivity contribution in [2.45, 2.75) is 6.42 Å². The quantitative estimate of drug-likeness (QED) is 0.399. The summed E-state index contributed by atoms with van der Waals surface area (Å²) in [6.07, 6.45) is 1.06. The number of phenols is 1. The molecule has 0 unspecified atom stereocenters. The van der Waals surface area contributed by atoms with E-state index in [2.05, 4.69) is 15.5 Å². The Kier molecular flexibility index (Phi) is 5.27. The number of nitrogens with zero attached hydrogens (tertiary/aromatic N) is 3. The molecule has 0 spiro atoms. The van der Waals surface area contributed by atoms with Gasteiger partial charge in [0.25, 0.3) is 5.69 Å². The highest BCUT2D eigenvalue weighted by molar-refractivity contribution is 7.13. The summed E-state index contributed by atoms with van der Waals surface area (Å²) in [6, 6.07) is 2.19. The number of phenolic OH excluding ortho intramolecular Hbond substituents is 1. The van der Waals surface area contributed by atoms with Gasteiger partial charge in [0.1, 0.15) is 0 Å². The molecule has 1 aromatic carbocycles. The summed E-state index contributed by atoms with van der Waals surface area (Å²) in [5.41, 5.74) is 7.95. The van der Waals surface area contributed by atoms with Crippen molar-refractivity contribution >= 4 is 34.3 Å². The summed E-state index contributed by atoms with van der Waals surface area (Å²) >= 11 is 1.21. The molecule has 0 bridgehead atoms. The van der Waals surface area contributed by atoms with Gasteiger partial charge in [0.05, 0.1) is 36.4 Å². The van der Waals surface area contributed by atoms with Crippen LogP contribution in [-0.2, 0) is 11.2 Å². The van der Waals surface area contributed by atoms with Crippen molar-refractivity contribution in [2.75, 3.05) is 12.8 Å². The normalized spacial score (nSPS) is 10.7. The topological polar surface area (TPSA) is 153 Å². The molecule has 0 atom stereocenters. The van der Waals surface area contributed by atoms with Crippen LogP contribution in [0, 0.1) is 10.1 Å². The maximum Gasteiger partial charge on any atom is 0.274 e. The van der Waals surface area contributed by atoms with Crippen LogP contribution >= 0.6 is 11.3 Å². The van der Waals surface area contributed by atoms with E-state index in [1.807, 2.05) is 0 Å². The minimum Gasteiger partial charge on any atom is -0.504 e. The predicted octanol–water partition coefficient (Wildman–Crippen LogP) is 1.04. The number of nitro benzene ring substituents is 1. The Balaban J connectivity index is 2.09. The molecule has 126 valence electrons. The number of amides is 1. The average molecular weight is 351 g/mol. The molecule has 1 amide bonds. The molecule has 10 nitrogen and oxygen atoms in total. The largest absolute Gasteiger partial charge is 0.504 e. The van der Waals surface area contributed by atoms with E-state index in [1.165, 1.54) is 18.4 Å². The molecular formula is C13H13N5O5S. The van der Waals surface area contributed by atoms with E-state index in [9.17, 15) is 20.0 Å². The number of hydrogen-bond acceptors (Lipinski definition) is 9. The number of aromatic hydroxyl groups is 1. The fourth-order valence-electron chi connectivity index (χ4n) is 1.76. The van der Waals surface area contributed by atoms with Gasteiger partial charge >= 0.3 is 0 Å². The number of carbonyl (C=O) groups excluding carboxylic acids is 1. The van der Waals surface area contributed by atoms with Crippen molar-refractivity contribution in [3.8, 4) is 11.5 Å². The Hall–Kier alpha value is -3.21. The monoisotopic (exact) mass is 351 g/mol. The van der Waals surface area contributed by atoms with Gasteiger partial charge < -0.3 is 15.6 Å². The molecule has 0 saturated carbocycles. The summed E-state index contributed by atoms with van der Waals surface area (Å²) in [5, 5.41) is 26.4. The second-order valence-electron chi connectivity index (χ2n) is 4.49. The molecule has 11 heteroatoms. The molecule has 0 aliphatic carbocycles. The summed E-state index contributed by atoms with van der Waals surface area (Å²) in [4.78, 5) is 25.9. The number of nitrogen functional groups attached to an aromatic ring is 1. The Morgan fingerprint density at radius 1 is 1.62 bits per heavy atom. The first kappa shape index (κ1) is 17.1. The smallest absolute Gasteiger partial charge is 0.274 e. The number of nitrogens with two attached hydrogens (primary N) is 1. The predicted molar refractivity (Wildman–Crippen MR) is 87.3 cm³/mol. The third-order valence-corrected chi connectivity index (χ3v) is 3.55. The first-order valence-electron chi connectivity index (χ1n) is 6.48. The third kappa shape index (κ3) is 4.16. The Bertz CT molecular complexity index is 804. The van der Waals surface area contributed by atoms with Gasteiger partial charge in [0, 0.05) is 17.0 Å². The lowest BCUT2D eigenvalue weighted by molar-refractivity contribution is -0.385. The van der Waals surface area contributed by atoms with Gasteiger partial charge in [0.2, 0.25) is 5.91 Å². The highest BCUT2D eigenvalue weighted by atomic mass is 32.1. The van der Waals surface area contributed by atoms with Crippen molar-refractivity contribution in [3.05, 3.63) is 38.9 Å². The van der Waals surface area contributed by atoms with Gasteiger partial charge in [0.15, 0.2) is 16.6 Å². The molecule has 0 saturated heterocycles. The molecular weight excluding hydrogens is 338 g/mol. The van der Waals surface area contributed by atoms with E-state index in [1.54, 1.807) is 5.38 Å². The fraction of sp³-hybridized carbons (Fsp3) is 0.154. The summed E-state index contributed by atoms with van der Waals surface area (Å²) in [7, 11) is 1.26. The number of nitro groups is 1. The number of hydrogen-bond donors (Lipinski definition) is 3. The van der Waals surface area contributed by atoms with Gasteiger partial charge in [-0.3, -0.25) is 14.9 Å². The van der Waals surface area contributed by atoms with E-state index in [-0.39, 0.29) is 29.2 Å². The Morgan fingerprint density at radius 2 is 2.38 bits per heavy atom. The first-order valence-corrected chi connectivity index (χ1v) is 7.36. The number of aromatic nitrogens is 1. The van der Waals surface area contributed by atoms with E-state index >= 15 is 0 Å². The van der Waals surface area contributed by atoms with Crippen LogP contribution in [0.1, 0.15) is 11.3 Å². The van der Waals surface area contributed by atoms with Gasteiger partial charge in [-0.25, -0.2) is 10.4 Å². The highest BCUT2D eigenvalue weighted by Crippen LogP contribution is 2.33. The van der Waals surface area contributed by atoms with Crippen molar-refractivity contribution in [1.29, 1.82) is 0 Å². The fourth-order valence-corrected chi connectivity index (χ4v) is 2.32.